The molecule has 1 spiro atoms. The second-order valence-corrected chi connectivity index (χ2v) is 7.39. The van der Waals surface area contributed by atoms with Crippen molar-refractivity contribution in [3.8, 4) is 6.07 Å². The molecule has 5 nitrogen and oxygen atoms in total. The van der Waals surface area contributed by atoms with Crippen molar-refractivity contribution in [1.82, 2.24) is 4.90 Å². The van der Waals surface area contributed by atoms with Crippen LogP contribution >= 0.6 is 11.8 Å². The molecule has 0 aromatic rings. The molecule has 120 valence electrons. The molecule has 0 aromatic carbocycles. The van der Waals surface area contributed by atoms with Crippen molar-refractivity contribution in [1.29, 1.82) is 5.26 Å². The molecular formula is C17H20N4OS. The van der Waals surface area contributed by atoms with Crippen LogP contribution in [0.25, 0.3) is 0 Å². The van der Waals surface area contributed by atoms with E-state index in [-0.39, 0.29) is 17.0 Å². The molecule has 0 radical (unpaired) electrons. The summed E-state index contributed by atoms with van der Waals surface area (Å²) in [6.45, 7) is 2.84. The van der Waals surface area contributed by atoms with E-state index in [1.807, 2.05) is 6.20 Å². The van der Waals surface area contributed by atoms with Gasteiger partial charge in [-0.15, -0.1) is 0 Å². The number of nitrogens with zero attached hydrogens (tertiary/aromatic N) is 4. The topological polar surface area (TPSA) is 61.0 Å². The Balaban J connectivity index is 1.58. The number of amidine groups is 1. The molecule has 23 heavy (non-hydrogen) atoms. The average molecular weight is 328 g/mol. The van der Waals surface area contributed by atoms with E-state index in [0.717, 1.165) is 30.8 Å². The van der Waals surface area contributed by atoms with Crippen LogP contribution in [0.3, 0.4) is 0 Å². The molecule has 1 saturated heterocycles. The van der Waals surface area contributed by atoms with Gasteiger partial charge in [0.15, 0.2) is 4.87 Å². The second-order valence-electron chi connectivity index (χ2n) is 6.26. The summed E-state index contributed by atoms with van der Waals surface area (Å²) in [5.74, 6) is 1.15. The van der Waals surface area contributed by atoms with Crippen molar-refractivity contribution in [3.05, 3.63) is 23.8 Å². The van der Waals surface area contributed by atoms with Gasteiger partial charge in [0.25, 0.3) is 0 Å². The second kappa shape index (κ2) is 5.81. The molecule has 0 saturated carbocycles. The molecule has 4 aliphatic heterocycles. The first-order chi connectivity index (χ1) is 11.3. The van der Waals surface area contributed by atoms with Crippen molar-refractivity contribution in [2.24, 2.45) is 9.98 Å². The van der Waals surface area contributed by atoms with Crippen molar-refractivity contribution < 1.29 is 4.74 Å². The molecule has 0 bridgehead atoms. The Kier molecular flexibility index (Phi) is 3.78. The largest absolute Gasteiger partial charge is 0.375 e. The smallest absolute Gasteiger partial charge is 0.177 e. The zero-order valence-corrected chi connectivity index (χ0v) is 14.0. The first-order valence-electron chi connectivity index (χ1n) is 8.23. The summed E-state index contributed by atoms with van der Waals surface area (Å²) >= 11 is 1.76. The number of hydrogen-bond acceptors (Lipinski definition) is 6. The average Bonchev–Trinajstić information content (AvgIpc) is 3.14. The molecule has 4 rings (SSSR count). The van der Waals surface area contributed by atoms with Crippen LogP contribution in [0.5, 0.6) is 0 Å². The fourth-order valence-corrected chi connectivity index (χ4v) is 5.02. The Bertz CT molecular complexity index is 654. The number of thioether (sulfide) groups is 1. The molecule has 0 aliphatic carbocycles. The molecule has 2 unspecified atom stereocenters. The molecule has 4 heterocycles. The maximum Gasteiger partial charge on any atom is 0.177 e. The van der Waals surface area contributed by atoms with E-state index < -0.39 is 0 Å². The van der Waals surface area contributed by atoms with Gasteiger partial charge < -0.3 is 9.64 Å². The number of ether oxygens (including phenoxy) is 1. The van der Waals surface area contributed by atoms with Gasteiger partial charge in [0.1, 0.15) is 5.84 Å². The Morgan fingerprint density at radius 1 is 1.52 bits per heavy atom. The van der Waals surface area contributed by atoms with Gasteiger partial charge in [0.2, 0.25) is 0 Å². The summed E-state index contributed by atoms with van der Waals surface area (Å²) < 4.78 is 5.93. The predicted molar refractivity (Wildman–Crippen MR) is 92.4 cm³/mol. The third kappa shape index (κ3) is 2.26. The molecule has 4 atom stereocenters. The Morgan fingerprint density at radius 3 is 3.17 bits per heavy atom. The standard InChI is InChI=1S/C17H20N4OS/c1-2-16-20-17-14(7-10-23-17)19-9-6-15(17)21(16)12-3-4-13(5-8-18)22-11-12/h6-7,9-10,12-13,15H,2-5,11H2,1H3/t12-,13+,15?,17?/m0/s1. The van der Waals surface area contributed by atoms with Crippen molar-refractivity contribution in [2.45, 2.75) is 55.7 Å². The van der Waals surface area contributed by atoms with E-state index in [1.54, 1.807) is 11.8 Å². The maximum atomic E-state index is 8.84. The summed E-state index contributed by atoms with van der Waals surface area (Å²) in [6.07, 6.45) is 9.67. The normalized spacial score (nSPS) is 37.9. The van der Waals surface area contributed by atoms with Crippen LogP contribution in [0.2, 0.25) is 0 Å². The first-order valence-corrected chi connectivity index (χ1v) is 9.11. The highest BCUT2D eigenvalue weighted by Crippen LogP contribution is 2.48. The van der Waals surface area contributed by atoms with Crippen LogP contribution in [0.15, 0.2) is 33.7 Å². The molecular weight excluding hydrogens is 308 g/mol. The zero-order chi connectivity index (χ0) is 15.9. The summed E-state index contributed by atoms with van der Waals surface area (Å²) in [4.78, 5) is 11.8. The molecule has 6 heteroatoms. The SMILES string of the molecule is CCC1=NC23SC=CC2=NC=CC3N1[C@H]1CC[C@H](CC#N)OC1. The fraction of sp³-hybridized carbons (Fsp3) is 0.588. The minimum Gasteiger partial charge on any atom is -0.375 e. The highest BCUT2D eigenvalue weighted by molar-refractivity contribution is 8.04. The van der Waals surface area contributed by atoms with Gasteiger partial charge in [-0.05, 0) is 30.4 Å². The molecule has 1 fully saturated rings. The number of aliphatic imine (C=N–C) groups is 2. The van der Waals surface area contributed by atoms with Crippen molar-refractivity contribution >= 4 is 23.3 Å². The lowest BCUT2D eigenvalue weighted by Crippen LogP contribution is -2.54. The number of rotatable bonds is 3. The predicted octanol–water partition coefficient (Wildman–Crippen LogP) is 2.87. The third-order valence-electron chi connectivity index (χ3n) is 4.99. The van der Waals surface area contributed by atoms with E-state index in [2.05, 4.69) is 40.4 Å². The highest BCUT2D eigenvalue weighted by atomic mass is 32.2. The lowest BCUT2D eigenvalue weighted by atomic mass is 9.96. The van der Waals surface area contributed by atoms with Crippen LogP contribution in [0, 0.1) is 11.3 Å². The summed E-state index contributed by atoms with van der Waals surface area (Å²) in [7, 11) is 0. The van der Waals surface area contributed by atoms with Crippen LogP contribution in [0.4, 0.5) is 0 Å². The van der Waals surface area contributed by atoms with Gasteiger partial charge in [-0.1, -0.05) is 18.7 Å². The quantitative estimate of drug-likeness (QED) is 0.799. The van der Waals surface area contributed by atoms with Gasteiger partial charge in [-0.2, -0.15) is 5.26 Å². The van der Waals surface area contributed by atoms with Crippen molar-refractivity contribution in [3.63, 3.8) is 0 Å². The van der Waals surface area contributed by atoms with Gasteiger partial charge >= 0.3 is 0 Å². The van der Waals surface area contributed by atoms with Crippen LogP contribution in [-0.2, 0) is 4.74 Å². The maximum absolute atomic E-state index is 8.84. The van der Waals surface area contributed by atoms with E-state index in [1.165, 1.54) is 0 Å². The van der Waals surface area contributed by atoms with Gasteiger partial charge in [0, 0.05) is 12.6 Å². The molecule has 0 aromatic heterocycles. The molecule has 0 N–H and O–H groups in total. The Morgan fingerprint density at radius 2 is 2.43 bits per heavy atom. The number of nitriles is 1. The molecule has 0 amide bonds. The zero-order valence-electron chi connectivity index (χ0n) is 13.2. The minimum atomic E-state index is -0.288. The third-order valence-corrected chi connectivity index (χ3v) is 6.16. The van der Waals surface area contributed by atoms with E-state index in [9.17, 15) is 0 Å². The minimum absolute atomic E-state index is 0.0939. The lowest BCUT2D eigenvalue weighted by molar-refractivity contribution is -0.0222. The van der Waals surface area contributed by atoms with Gasteiger partial charge in [-0.25, -0.2) is 4.99 Å². The van der Waals surface area contributed by atoms with E-state index in [0.29, 0.717) is 19.1 Å². The Hall–Kier alpha value is -1.58. The molecule has 4 aliphatic rings. The monoisotopic (exact) mass is 328 g/mol. The van der Waals surface area contributed by atoms with Crippen LogP contribution in [0.1, 0.15) is 32.6 Å². The van der Waals surface area contributed by atoms with E-state index >= 15 is 0 Å². The van der Waals surface area contributed by atoms with Crippen LogP contribution < -0.4 is 0 Å². The Labute approximate surface area is 140 Å². The fourth-order valence-electron chi connectivity index (χ4n) is 3.89. The van der Waals surface area contributed by atoms with Gasteiger partial charge in [0.05, 0.1) is 43.0 Å². The first kappa shape index (κ1) is 15.0. The van der Waals surface area contributed by atoms with Gasteiger partial charge in [-0.3, -0.25) is 4.99 Å². The number of hydrogen-bond donors (Lipinski definition) is 0. The summed E-state index contributed by atoms with van der Waals surface area (Å²) in [6, 6.07) is 2.76. The summed E-state index contributed by atoms with van der Waals surface area (Å²) in [5.41, 5.74) is 1.06. The highest BCUT2D eigenvalue weighted by Gasteiger charge is 2.54. The van der Waals surface area contributed by atoms with E-state index in [4.69, 9.17) is 15.0 Å². The van der Waals surface area contributed by atoms with Crippen LogP contribution in [-0.4, -0.2) is 46.1 Å². The summed E-state index contributed by atoms with van der Waals surface area (Å²) in [5, 5.41) is 11.0. The lowest BCUT2D eigenvalue weighted by Gasteiger charge is -2.41. The van der Waals surface area contributed by atoms with Crippen molar-refractivity contribution in [2.75, 3.05) is 6.61 Å².